The Hall–Kier alpha value is -0.590. The van der Waals surface area contributed by atoms with Gasteiger partial charge in [-0.1, -0.05) is 0 Å². The quantitative estimate of drug-likeness (QED) is 0.921. The normalized spacial score (nSPS) is 18.9. The summed E-state index contributed by atoms with van der Waals surface area (Å²) in [5.41, 5.74) is 1.14. The predicted octanol–water partition coefficient (Wildman–Crippen LogP) is 2.83. The lowest BCUT2D eigenvalue weighted by molar-refractivity contribution is 0.109. The van der Waals surface area contributed by atoms with Gasteiger partial charge in [-0.25, -0.2) is 4.79 Å². The first-order chi connectivity index (χ1) is 8.65. The van der Waals surface area contributed by atoms with Crippen LogP contribution in [0.3, 0.4) is 0 Å². The third-order valence-corrected chi connectivity index (χ3v) is 4.45. The summed E-state index contributed by atoms with van der Waals surface area (Å²) in [6.07, 6.45) is 2.33. The zero-order valence-corrected chi connectivity index (χ0v) is 12.7. The number of rotatable bonds is 4. The molecular weight excluding hydrogens is 316 g/mol. The van der Waals surface area contributed by atoms with Gasteiger partial charge in [0.05, 0.1) is 9.89 Å². The smallest absolute Gasteiger partial charge is 0.317 e. The molecule has 1 fully saturated rings. The molecule has 1 aliphatic heterocycles. The van der Waals surface area contributed by atoms with Crippen LogP contribution in [-0.4, -0.2) is 37.2 Å². The summed E-state index contributed by atoms with van der Waals surface area (Å²) in [5, 5.41) is 4.95. The van der Waals surface area contributed by atoms with Crippen molar-refractivity contribution >= 4 is 33.3 Å². The maximum atomic E-state index is 11.9. The van der Waals surface area contributed by atoms with E-state index < -0.39 is 0 Å². The zero-order valence-electron chi connectivity index (χ0n) is 10.3. The van der Waals surface area contributed by atoms with Crippen molar-refractivity contribution in [1.82, 2.24) is 10.2 Å². The Morgan fingerprint density at radius 2 is 2.56 bits per heavy atom. The lowest BCUT2D eigenvalue weighted by Gasteiger charge is -2.18. The van der Waals surface area contributed by atoms with Crippen molar-refractivity contribution in [3.05, 3.63) is 20.8 Å². The van der Waals surface area contributed by atoms with Crippen LogP contribution in [0.4, 0.5) is 4.79 Å². The van der Waals surface area contributed by atoms with Gasteiger partial charge in [0.1, 0.15) is 0 Å². The van der Waals surface area contributed by atoms with Crippen LogP contribution in [0.15, 0.2) is 15.2 Å². The van der Waals surface area contributed by atoms with Crippen molar-refractivity contribution in [2.75, 3.05) is 20.2 Å². The molecule has 100 valence electrons. The highest BCUT2D eigenvalue weighted by atomic mass is 79.9. The van der Waals surface area contributed by atoms with Crippen LogP contribution < -0.4 is 5.32 Å². The van der Waals surface area contributed by atoms with E-state index in [2.05, 4.69) is 21.2 Å². The van der Waals surface area contributed by atoms with Gasteiger partial charge in [0.2, 0.25) is 0 Å². The molecule has 2 heterocycles. The average molecular weight is 333 g/mol. The number of nitrogens with zero attached hydrogens (tertiary/aromatic N) is 1. The van der Waals surface area contributed by atoms with E-state index in [9.17, 15) is 4.79 Å². The summed E-state index contributed by atoms with van der Waals surface area (Å²) in [4.78, 5) is 13.5. The van der Waals surface area contributed by atoms with Crippen molar-refractivity contribution < 1.29 is 9.53 Å². The predicted molar refractivity (Wildman–Crippen MR) is 75.9 cm³/mol. The number of amides is 2. The Morgan fingerprint density at radius 3 is 3.17 bits per heavy atom. The molecule has 2 amide bonds. The second kappa shape index (κ2) is 6.54. The summed E-state index contributed by atoms with van der Waals surface area (Å²) in [6, 6.07) is 1.99. The molecule has 1 N–H and O–H groups in total. The van der Waals surface area contributed by atoms with Gasteiger partial charge in [-0.2, -0.15) is 0 Å². The molecule has 0 aromatic carbocycles. The van der Waals surface area contributed by atoms with Crippen LogP contribution in [-0.2, 0) is 11.3 Å². The van der Waals surface area contributed by atoms with Gasteiger partial charge < -0.3 is 15.0 Å². The Labute approximate surface area is 119 Å². The highest BCUT2D eigenvalue weighted by Crippen LogP contribution is 2.21. The second-order valence-corrected chi connectivity index (χ2v) is 6.73. The number of hydrogen-bond acceptors (Lipinski definition) is 3. The molecule has 1 aromatic heterocycles. The fourth-order valence-electron chi connectivity index (χ4n) is 1.92. The monoisotopic (exact) mass is 332 g/mol. The molecule has 4 nitrogen and oxygen atoms in total. The molecule has 1 aliphatic rings. The number of halogens is 1. The van der Waals surface area contributed by atoms with Gasteiger partial charge >= 0.3 is 6.03 Å². The van der Waals surface area contributed by atoms with E-state index in [-0.39, 0.29) is 12.1 Å². The molecule has 0 unspecified atom stereocenters. The van der Waals surface area contributed by atoms with Crippen molar-refractivity contribution in [2.45, 2.75) is 25.5 Å². The van der Waals surface area contributed by atoms with E-state index in [0.717, 1.165) is 28.8 Å². The molecule has 1 atom stereocenters. The van der Waals surface area contributed by atoms with Gasteiger partial charge in [0.15, 0.2) is 0 Å². The SMILES string of the molecule is CN(Cc1csc(Br)c1)C(=O)NC[C@H]1CCCO1. The van der Waals surface area contributed by atoms with Crippen LogP contribution >= 0.6 is 27.3 Å². The Morgan fingerprint density at radius 1 is 1.72 bits per heavy atom. The standard InChI is InChI=1S/C12H17BrN2O2S/c1-15(7-9-5-11(13)18-8-9)12(16)14-6-10-3-2-4-17-10/h5,8,10H,2-4,6-7H2,1H3,(H,14,16)/t10-/m1/s1. The summed E-state index contributed by atoms with van der Waals surface area (Å²) in [6.45, 7) is 2.05. The van der Waals surface area contributed by atoms with E-state index in [4.69, 9.17) is 4.74 Å². The highest BCUT2D eigenvalue weighted by molar-refractivity contribution is 9.11. The third kappa shape index (κ3) is 3.96. The number of hydrogen-bond donors (Lipinski definition) is 1. The molecule has 2 rings (SSSR count). The summed E-state index contributed by atoms with van der Waals surface area (Å²) >= 11 is 5.05. The number of ether oxygens (including phenoxy) is 1. The fourth-order valence-corrected chi connectivity index (χ4v) is 3.12. The minimum Gasteiger partial charge on any atom is -0.376 e. The van der Waals surface area contributed by atoms with Crippen molar-refractivity contribution in [1.29, 1.82) is 0 Å². The third-order valence-electron chi connectivity index (χ3n) is 2.89. The van der Waals surface area contributed by atoms with E-state index in [1.807, 2.05) is 11.4 Å². The molecular formula is C12H17BrN2O2S. The lowest BCUT2D eigenvalue weighted by atomic mass is 10.2. The van der Waals surface area contributed by atoms with E-state index in [1.165, 1.54) is 0 Å². The number of nitrogens with one attached hydrogen (secondary N) is 1. The van der Waals surface area contributed by atoms with Crippen molar-refractivity contribution in [3.63, 3.8) is 0 Å². The summed E-state index contributed by atoms with van der Waals surface area (Å²) in [7, 11) is 1.80. The second-order valence-electron chi connectivity index (χ2n) is 4.44. The molecule has 18 heavy (non-hydrogen) atoms. The van der Waals surface area contributed by atoms with Gasteiger partial charge in [-0.05, 0) is 45.8 Å². The van der Waals surface area contributed by atoms with Crippen molar-refractivity contribution in [3.8, 4) is 0 Å². The Balaban J connectivity index is 1.74. The number of urea groups is 1. The molecule has 1 aromatic rings. The van der Waals surface area contributed by atoms with E-state index in [1.54, 1.807) is 23.3 Å². The minimum atomic E-state index is -0.0483. The maximum Gasteiger partial charge on any atom is 0.317 e. The largest absolute Gasteiger partial charge is 0.376 e. The zero-order chi connectivity index (χ0) is 13.0. The molecule has 0 bridgehead atoms. The fraction of sp³-hybridized carbons (Fsp3) is 0.583. The van der Waals surface area contributed by atoms with Gasteiger partial charge in [0.25, 0.3) is 0 Å². The van der Waals surface area contributed by atoms with Crippen LogP contribution in [0, 0.1) is 0 Å². The lowest BCUT2D eigenvalue weighted by Crippen LogP contribution is -2.40. The Kier molecular flexibility index (Phi) is 5.03. The van der Waals surface area contributed by atoms with Crippen LogP contribution in [0.5, 0.6) is 0 Å². The summed E-state index contributed by atoms with van der Waals surface area (Å²) in [5.74, 6) is 0. The van der Waals surface area contributed by atoms with Gasteiger partial charge in [0, 0.05) is 26.7 Å². The van der Waals surface area contributed by atoms with Crippen LogP contribution in [0.25, 0.3) is 0 Å². The molecule has 0 saturated carbocycles. The Bertz CT molecular complexity index is 405. The van der Waals surface area contributed by atoms with Crippen LogP contribution in [0.1, 0.15) is 18.4 Å². The number of carbonyl (C=O) groups excluding carboxylic acids is 1. The number of carbonyl (C=O) groups is 1. The minimum absolute atomic E-state index is 0.0483. The molecule has 0 aliphatic carbocycles. The molecule has 0 radical (unpaired) electrons. The maximum absolute atomic E-state index is 11.9. The molecule has 0 spiro atoms. The average Bonchev–Trinajstić information content (AvgIpc) is 2.97. The first-order valence-corrected chi connectivity index (χ1v) is 7.66. The van der Waals surface area contributed by atoms with Crippen LogP contribution in [0.2, 0.25) is 0 Å². The molecule has 1 saturated heterocycles. The van der Waals surface area contributed by atoms with Gasteiger partial charge in [-0.3, -0.25) is 0 Å². The molecule has 6 heteroatoms. The van der Waals surface area contributed by atoms with Crippen molar-refractivity contribution in [2.24, 2.45) is 0 Å². The number of thiophene rings is 1. The van der Waals surface area contributed by atoms with E-state index >= 15 is 0 Å². The first-order valence-electron chi connectivity index (χ1n) is 5.98. The van der Waals surface area contributed by atoms with Gasteiger partial charge in [-0.15, -0.1) is 11.3 Å². The summed E-state index contributed by atoms with van der Waals surface area (Å²) < 4.78 is 6.56. The highest BCUT2D eigenvalue weighted by Gasteiger charge is 2.17. The topological polar surface area (TPSA) is 41.6 Å². The van der Waals surface area contributed by atoms with E-state index in [0.29, 0.717) is 13.1 Å². The first kappa shape index (κ1) is 13.8.